The van der Waals surface area contributed by atoms with E-state index in [1.54, 1.807) is 6.33 Å². The number of nitrogens with zero attached hydrogens (tertiary/aromatic N) is 1. The van der Waals surface area contributed by atoms with Crippen LogP contribution in [-0.2, 0) is 0 Å². The molecule has 80 valence electrons. The molecule has 0 saturated carbocycles. The van der Waals surface area contributed by atoms with Crippen LogP contribution >= 0.6 is 0 Å². The van der Waals surface area contributed by atoms with Crippen LogP contribution in [0.25, 0.3) is 11.0 Å². The zero-order valence-corrected chi connectivity index (χ0v) is 8.99. The van der Waals surface area contributed by atoms with Gasteiger partial charge in [-0.2, -0.15) is 0 Å². The van der Waals surface area contributed by atoms with Crippen molar-refractivity contribution in [3.8, 4) is 5.75 Å². The first kappa shape index (κ1) is 10.0. The van der Waals surface area contributed by atoms with Crippen molar-refractivity contribution >= 4 is 11.0 Å². The van der Waals surface area contributed by atoms with Crippen molar-refractivity contribution in [2.45, 2.75) is 26.2 Å². The molecule has 0 aliphatic rings. The molecule has 0 amide bonds. The Kier molecular flexibility index (Phi) is 3.22. The molecule has 0 aliphatic carbocycles. The zero-order chi connectivity index (χ0) is 10.5. The maximum Gasteiger partial charge on any atom is 0.121 e. The molecule has 2 rings (SSSR count). The summed E-state index contributed by atoms with van der Waals surface area (Å²) in [4.78, 5) is 7.23. The summed E-state index contributed by atoms with van der Waals surface area (Å²) >= 11 is 0. The average Bonchev–Trinajstić information content (AvgIpc) is 2.71. The third-order valence-electron chi connectivity index (χ3n) is 2.41. The monoisotopic (exact) mass is 204 g/mol. The molecule has 1 aromatic carbocycles. The average molecular weight is 204 g/mol. The lowest BCUT2D eigenvalue weighted by molar-refractivity contribution is 0.306. The van der Waals surface area contributed by atoms with Crippen molar-refractivity contribution in [3.63, 3.8) is 0 Å². The predicted molar refractivity (Wildman–Crippen MR) is 61.1 cm³/mol. The zero-order valence-electron chi connectivity index (χ0n) is 8.99. The number of hydrogen-bond donors (Lipinski definition) is 1. The van der Waals surface area contributed by atoms with Crippen LogP contribution < -0.4 is 4.74 Å². The van der Waals surface area contributed by atoms with E-state index in [4.69, 9.17) is 4.74 Å². The number of imidazole rings is 1. The Morgan fingerprint density at radius 1 is 1.33 bits per heavy atom. The fraction of sp³-hybridized carbons (Fsp3) is 0.417. The molecular weight excluding hydrogens is 188 g/mol. The van der Waals surface area contributed by atoms with Gasteiger partial charge in [-0.1, -0.05) is 19.8 Å². The molecule has 0 atom stereocenters. The molecule has 0 saturated heterocycles. The molecule has 1 aromatic heterocycles. The Morgan fingerprint density at radius 3 is 3.13 bits per heavy atom. The van der Waals surface area contributed by atoms with Crippen LogP contribution in [0.3, 0.4) is 0 Å². The first-order valence-corrected chi connectivity index (χ1v) is 5.46. The summed E-state index contributed by atoms with van der Waals surface area (Å²) in [6.07, 6.45) is 5.28. The summed E-state index contributed by atoms with van der Waals surface area (Å²) < 4.78 is 5.64. The number of nitrogens with one attached hydrogen (secondary N) is 1. The van der Waals surface area contributed by atoms with E-state index in [9.17, 15) is 0 Å². The molecule has 3 heteroatoms. The molecule has 1 heterocycles. The van der Waals surface area contributed by atoms with Crippen molar-refractivity contribution in [2.75, 3.05) is 6.61 Å². The van der Waals surface area contributed by atoms with Gasteiger partial charge in [0.1, 0.15) is 5.75 Å². The first-order chi connectivity index (χ1) is 7.40. The van der Waals surface area contributed by atoms with Gasteiger partial charge in [0.2, 0.25) is 0 Å². The number of aromatic nitrogens is 2. The topological polar surface area (TPSA) is 37.9 Å². The summed E-state index contributed by atoms with van der Waals surface area (Å²) in [6.45, 7) is 2.99. The minimum Gasteiger partial charge on any atom is -0.494 e. The van der Waals surface area contributed by atoms with Gasteiger partial charge in [0.25, 0.3) is 0 Å². The Bertz CT molecular complexity index is 422. The summed E-state index contributed by atoms with van der Waals surface area (Å²) in [5.41, 5.74) is 2.01. The number of H-pyrrole nitrogens is 1. The third-order valence-corrected chi connectivity index (χ3v) is 2.41. The van der Waals surface area contributed by atoms with E-state index in [2.05, 4.69) is 16.9 Å². The smallest absolute Gasteiger partial charge is 0.121 e. The molecule has 0 bridgehead atoms. The highest BCUT2D eigenvalue weighted by Crippen LogP contribution is 2.17. The van der Waals surface area contributed by atoms with Crippen LogP contribution in [0.15, 0.2) is 24.5 Å². The van der Waals surface area contributed by atoms with Crippen molar-refractivity contribution in [1.82, 2.24) is 9.97 Å². The standard InChI is InChI=1S/C12H16N2O/c1-2-3-4-7-15-10-5-6-11-12(8-10)14-9-13-11/h5-6,8-9H,2-4,7H2,1H3,(H,13,14). The number of fused-ring (bicyclic) bond motifs is 1. The van der Waals surface area contributed by atoms with Gasteiger partial charge in [-0.3, -0.25) is 0 Å². The second-order valence-electron chi connectivity index (χ2n) is 3.64. The van der Waals surface area contributed by atoms with E-state index in [0.717, 1.165) is 29.8 Å². The fourth-order valence-corrected chi connectivity index (χ4v) is 1.55. The summed E-state index contributed by atoms with van der Waals surface area (Å²) in [5.74, 6) is 0.919. The maximum absolute atomic E-state index is 5.64. The molecule has 2 aromatic rings. The number of rotatable bonds is 5. The number of hydrogen-bond acceptors (Lipinski definition) is 2. The SMILES string of the molecule is CCCCCOc1ccc2nc[nH]c2c1. The lowest BCUT2D eigenvalue weighted by atomic mass is 10.2. The van der Waals surface area contributed by atoms with Gasteiger partial charge in [-0.15, -0.1) is 0 Å². The van der Waals surface area contributed by atoms with Crippen LogP contribution in [0.1, 0.15) is 26.2 Å². The largest absolute Gasteiger partial charge is 0.494 e. The van der Waals surface area contributed by atoms with E-state index in [1.165, 1.54) is 12.8 Å². The summed E-state index contributed by atoms with van der Waals surface area (Å²) in [5, 5.41) is 0. The molecule has 1 N–H and O–H groups in total. The van der Waals surface area contributed by atoms with Crippen LogP contribution in [0.2, 0.25) is 0 Å². The lowest BCUT2D eigenvalue weighted by Crippen LogP contribution is -1.96. The molecule has 0 unspecified atom stereocenters. The molecule has 3 nitrogen and oxygen atoms in total. The van der Waals surface area contributed by atoms with Crippen molar-refractivity contribution < 1.29 is 4.74 Å². The second-order valence-corrected chi connectivity index (χ2v) is 3.64. The molecule has 0 spiro atoms. The Morgan fingerprint density at radius 2 is 2.27 bits per heavy atom. The Balaban J connectivity index is 1.96. The second kappa shape index (κ2) is 4.82. The van der Waals surface area contributed by atoms with E-state index in [1.807, 2.05) is 18.2 Å². The third kappa shape index (κ3) is 2.49. The first-order valence-electron chi connectivity index (χ1n) is 5.46. The highest BCUT2D eigenvalue weighted by atomic mass is 16.5. The lowest BCUT2D eigenvalue weighted by Gasteiger charge is -2.04. The van der Waals surface area contributed by atoms with Crippen molar-refractivity contribution in [3.05, 3.63) is 24.5 Å². The van der Waals surface area contributed by atoms with E-state index < -0.39 is 0 Å². The van der Waals surface area contributed by atoms with Crippen LogP contribution in [-0.4, -0.2) is 16.6 Å². The van der Waals surface area contributed by atoms with E-state index >= 15 is 0 Å². The number of unbranched alkanes of at least 4 members (excludes halogenated alkanes) is 2. The summed E-state index contributed by atoms with van der Waals surface area (Å²) in [6, 6.07) is 5.93. The highest BCUT2D eigenvalue weighted by molar-refractivity contribution is 5.75. The number of benzene rings is 1. The normalized spacial score (nSPS) is 10.7. The minimum atomic E-state index is 0.799. The Hall–Kier alpha value is -1.51. The minimum absolute atomic E-state index is 0.799. The van der Waals surface area contributed by atoms with Gasteiger partial charge >= 0.3 is 0 Å². The van der Waals surface area contributed by atoms with Gasteiger partial charge in [0.05, 0.1) is 24.0 Å². The van der Waals surface area contributed by atoms with Crippen LogP contribution in [0.5, 0.6) is 5.75 Å². The van der Waals surface area contributed by atoms with Gasteiger partial charge in [-0.25, -0.2) is 4.98 Å². The van der Waals surface area contributed by atoms with E-state index in [-0.39, 0.29) is 0 Å². The molecular formula is C12H16N2O. The maximum atomic E-state index is 5.64. The fourth-order valence-electron chi connectivity index (χ4n) is 1.55. The van der Waals surface area contributed by atoms with Gasteiger partial charge in [0.15, 0.2) is 0 Å². The molecule has 0 fully saturated rings. The van der Waals surface area contributed by atoms with Gasteiger partial charge in [-0.05, 0) is 18.6 Å². The molecule has 15 heavy (non-hydrogen) atoms. The van der Waals surface area contributed by atoms with Crippen molar-refractivity contribution in [1.29, 1.82) is 0 Å². The van der Waals surface area contributed by atoms with Gasteiger partial charge in [0, 0.05) is 6.07 Å². The summed E-state index contributed by atoms with van der Waals surface area (Å²) in [7, 11) is 0. The molecule has 0 radical (unpaired) electrons. The Labute approximate surface area is 89.5 Å². The van der Waals surface area contributed by atoms with Gasteiger partial charge < -0.3 is 9.72 Å². The number of aromatic amines is 1. The quantitative estimate of drug-likeness (QED) is 0.760. The molecule has 0 aliphatic heterocycles. The van der Waals surface area contributed by atoms with Crippen LogP contribution in [0.4, 0.5) is 0 Å². The van der Waals surface area contributed by atoms with Crippen LogP contribution in [0, 0.1) is 0 Å². The van der Waals surface area contributed by atoms with Crippen molar-refractivity contribution in [2.24, 2.45) is 0 Å². The number of ether oxygens (including phenoxy) is 1. The highest BCUT2D eigenvalue weighted by Gasteiger charge is 1.98. The predicted octanol–water partition coefficient (Wildman–Crippen LogP) is 3.13. The van der Waals surface area contributed by atoms with E-state index in [0.29, 0.717) is 0 Å².